The van der Waals surface area contributed by atoms with E-state index in [1.54, 1.807) is 31.5 Å². The van der Waals surface area contributed by atoms with Crippen LogP contribution in [0, 0.1) is 6.92 Å². The summed E-state index contributed by atoms with van der Waals surface area (Å²) in [4.78, 5) is 25.4. The number of Topliss-reactive ketones (excluding diaryl/α,β-unsaturated/α-hetero) is 1. The summed E-state index contributed by atoms with van der Waals surface area (Å²) in [6, 6.07) is 9.25. The second-order valence-electron chi connectivity index (χ2n) is 5.48. The van der Waals surface area contributed by atoms with Gasteiger partial charge in [0.1, 0.15) is 17.0 Å². The highest BCUT2D eigenvalue weighted by Crippen LogP contribution is 2.26. The molecule has 6 nitrogen and oxygen atoms in total. The van der Waals surface area contributed by atoms with Crippen LogP contribution in [-0.4, -0.2) is 27.8 Å². The summed E-state index contributed by atoms with van der Waals surface area (Å²) >= 11 is 0. The highest BCUT2D eigenvalue weighted by Gasteiger charge is 2.17. The molecule has 3 aromatic rings. The molecule has 0 unspecified atom stereocenters. The lowest BCUT2D eigenvalue weighted by atomic mass is 10.0. The molecular formula is C18H18N4O2. The third kappa shape index (κ3) is 3.03. The molecule has 2 aromatic heterocycles. The van der Waals surface area contributed by atoms with Gasteiger partial charge in [0.05, 0.1) is 7.11 Å². The van der Waals surface area contributed by atoms with Crippen molar-refractivity contribution < 1.29 is 9.53 Å². The van der Waals surface area contributed by atoms with Gasteiger partial charge < -0.3 is 10.5 Å². The number of aromatic nitrogens is 3. The number of ketones is 1. The largest absolute Gasteiger partial charge is 0.494 e. The van der Waals surface area contributed by atoms with Crippen LogP contribution in [0.25, 0.3) is 10.9 Å². The third-order valence-corrected chi connectivity index (χ3v) is 3.90. The van der Waals surface area contributed by atoms with Crippen LogP contribution in [0.5, 0.6) is 5.75 Å². The fourth-order valence-corrected chi connectivity index (χ4v) is 2.65. The molecule has 0 fully saturated rings. The van der Waals surface area contributed by atoms with E-state index in [9.17, 15) is 4.79 Å². The molecule has 0 radical (unpaired) electrons. The van der Waals surface area contributed by atoms with Crippen molar-refractivity contribution in [2.75, 3.05) is 12.8 Å². The summed E-state index contributed by atoms with van der Waals surface area (Å²) in [6.45, 7) is 1.98. The van der Waals surface area contributed by atoms with E-state index < -0.39 is 0 Å². The molecule has 0 spiro atoms. The normalized spacial score (nSPS) is 10.8. The molecule has 0 amide bonds. The average molecular weight is 322 g/mol. The Morgan fingerprint density at radius 3 is 2.79 bits per heavy atom. The van der Waals surface area contributed by atoms with Gasteiger partial charge in [0.2, 0.25) is 5.95 Å². The topological polar surface area (TPSA) is 91.0 Å². The first-order valence-electron chi connectivity index (χ1n) is 7.64. The van der Waals surface area contributed by atoms with E-state index in [-0.39, 0.29) is 11.7 Å². The summed E-state index contributed by atoms with van der Waals surface area (Å²) in [5, 5.41) is 0.645. The van der Waals surface area contributed by atoms with E-state index in [1.165, 1.54) is 0 Å². The van der Waals surface area contributed by atoms with Crippen LogP contribution >= 0.6 is 0 Å². The van der Waals surface area contributed by atoms with Crippen molar-refractivity contribution in [2.24, 2.45) is 0 Å². The van der Waals surface area contributed by atoms with Crippen LogP contribution in [0.2, 0.25) is 0 Å². The van der Waals surface area contributed by atoms with E-state index in [1.807, 2.05) is 19.1 Å². The van der Waals surface area contributed by atoms with Crippen LogP contribution in [0.4, 0.5) is 5.95 Å². The van der Waals surface area contributed by atoms with Gasteiger partial charge in [0.25, 0.3) is 0 Å². The number of aryl methyl sites for hydroxylation is 2. The minimum atomic E-state index is -0.0904. The number of methoxy groups -OCH3 is 1. The number of pyridine rings is 1. The highest BCUT2D eigenvalue weighted by molar-refractivity contribution is 6.07. The van der Waals surface area contributed by atoms with Gasteiger partial charge in [-0.3, -0.25) is 9.78 Å². The van der Waals surface area contributed by atoms with Crippen molar-refractivity contribution in [3.63, 3.8) is 0 Å². The van der Waals surface area contributed by atoms with Crippen LogP contribution < -0.4 is 10.5 Å². The van der Waals surface area contributed by atoms with Gasteiger partial charge in [-0.1, -0.05) is 18.2 Å². The number of carbonyl (C=O) groups is 1. The van der Waals surface area contributed by atoms with Gasteiger partial charge >= 0.3 is 0 Å². The second-order valence-corrected chi connectivity index (χ2v) is 5.48. The number of fused-ring (bicyclic) bond motifs is 1. The van der Waals surface area contributed by atoms with Gasteiger partial charge in [-0.2, -0.15) is 0 Å². The lowest BCUT2D eigenvalue weighted by Crippen LogP contribution is -2.09. The molecule has 24 heavy (non-hydrogen) atoms. The minimum Gasteiger partial charge on any atom is -0.494 e. The molecule has 0 bridgehead atoms. The zero-order valence-electron chi connectivity index (χ0n) is 13.6. The number of nitrogen functional groups attached to an aromatic ring is 1. The first-order chi connectivity index (χ1) is 11.6. The van der Waals surface area contributed by atoms with Gasteiger partial charge in [-0.15, -0.1) is 0 Å². The molecule has 6 heteroatoms. The van der Waals surface area contributed by atoms with Gasteiger partial charge in [0, 0.05) is 23.7 Å². The molecule has 3 rings (SSSR count). The first kappa shape index (κ1) is 15.9. The SMILES string of the molecule is COc1cccc2c(C(=O)CCc3ncccc3C)nc(N)nc12. The maximum absolute atomic E-state index is 12.7. The quantitative estimate of drug-likeness (QED) is 0.726. The van der Waals surface area contributed by atoms with Crippen molar-refractivity contribution in [3.8, 4) is 5.75 Å². The zero-order chi connectivity index (χ0) is 17.1. The van der Waals surface area contributed by atoms with Gasteiger partial charge in [-0.25, -0.2) is 9.97 Å². The minimum absolute atomic E-state index is 0.0596. The first-order valence-corrected chi connectivity index (χ1v) is 7.64. The number of rotatable bonds is 5. The maximum atomic E-state index is 12.7. The smallest absolute Gasteiger partial charge is 0.221 e. The summed E-state index contributed by atoms with van der Waals surface area (Å²) in [5.41, 5.74) is 8.63. The Labute approximate surface area is 139 Å². The van der Waals surface area contributed by atoms with Gasteiger partial charge in [-0.05, 0) is 31.0 Å². The Hall–Kier alpha value is -3.02. The number of nitrogens with two attached hydrogens (primary N) is 1. The summed E-state index contributed by atoms with van der Waals surface area (Å²) in [6.07, 6.45) is 2.59. The molecule has 0 aliphatic heterocycles. The number of hydrogen-bond donors (Lipinski definition) is 1. The predicted octanol–water partition coefficient (Wildman–Crippen LogP) is 2.74. The molecule has 0 aliphatic carbocycles. The molecule has 2 N–H and O–H groups in total. The van der Waals surface area contributed by atoms with E-state index >= 15 is 0 Å². The van der Waals surface area contributed by atoms with Crippen molar-refractivity contribution in [1.29, 1.82) is 0 Å². The monoisotopic (exact) mass is 322 g/mol. The number of ether oxygens (including phenoxy) is 1. The lowest BCUT2D eigenvalue weighted by Gasteiger charge is -2.09. The molecule has 0 saturated carbocycles. The number of anilines is 1. The van der Waals surface area contributed by atoms with Crippen molar-refractivity contribution in [2.45, 2.75) is 19.8 Å². The third-order valence-electron chi connectivity index (χ3n) is 3.90. The Morgan fingerprint density at radius 1 is 1.21 bits per heavy atom. The lowest BCUT2D eigenvalue weighted by molar-refractivity contribution is 0.0979. The van der Waals surface area contributed by atoms with Crippen LogP contribution in [0.15, 0.2) is 36.5 Å². The number of benzene rings is 1. The Bertz CT molecular complexity index is 909. The van der Waals surface area contributed by atoms with E-state index in [0.717, 1.165) is 11.3 Å². The molecule has 2 heterocycles. The average Bonchev–Trinajstić information content (AvgIpc) is 2.59. The van der Waals surface area contributed by atoms with Gasteiger partial charge in [0.15, 0.2) is 5.78 Å². The number of nitrogens with zero attached hydrogens (tertiary/aromatic N) is 3. The van der Waals surface area contributed by atoms with Crippen LogP contribution in [0.1, 0.15) is 28.2 Å². The standard InChI is InChI=1S/C18H18N4O2/c1-11-5-4-10-20-13(11)8-9-14(23)16-12-6-3-7-15(24-2)17(12)22-18(19)21-16/h3-7,10H,8-9H2,1-2H3,(H2,19,21,22). The summed E-state index contributed by atoms with van der Waals surface area (Å²) in [7, 11) is 1.55. The Kier molecular flexibility index (Phi) is 4.37. The summed E-state index contributed by atoms with van der Waals surface area (Å²) < 4.78 is 5.30. The van der Waals surface area contributed by atoms with Crippen LogP contribution in [-0.2, 0) is 6.42 Å². The number of para-hydroxylation sites is 1. The molecule has 1 aromatic carbocycles. The second kappa shape index (κ2) is 6.62. The molecule has 0 aliphatic rings. The fourth-order valence-electron chi connectivity index (χ4n) is 2.65. The number of carbonyl (C=O) groups excluding carboxylic acids is 1. The van der Waals surface area contributed by atoms with E-state index in [2.05, 4.69) is 15.0 Å². The Morgan fingerprint density at radius 2 is 2.04 bits per heavy atom. The highest BCUT2D eigenvalue weighted by atomic mass is 16.5. The van der Waals surface area contributed by atoms with E-state index in [0.29, 0.717) is 35.2 Å². The van der Waals surface area contributed by atoms with E-state index in [4.69, 9.17) is 10.5 Å². The zero-order valence-corrected chi connectivity index (χ0v) is 13.6. The molecule has 122 valence electrons. The van der Waals surface area contributed by atoms with Crippen molar-refractivity contribution >= 4 is 22.6 Å². The summed E-state index contributed by atoms with van der Waals surface area (Å²) in [5.74, 6) is 0.535. The molecule has 0 atom stereocenters. The maximum Gasteiger partial charge on any atom is 0.221 e. The Balaban J connectivity index is 1.94. The number of hydrogen-bond acceptors (Lipinski definition) is 6. The molecule has 0 saturated heterocycles. The molecular weight excluding hydrogens is 304 g/mol. The predicted molar refractivity (Wildman–Crippen MR) is 92.1 cm³/mol. The fraction of sp³-hybridized carbons (Fsp3) is 0.222. The van der Waals surface area contributed by atoms with Crippen molar-refractivity contribution in [1.82, 2.24) is 15.0 Å². The van der Waals surface area contributed by atoms with Crippen LogP contribution in [0.3, 0.4) is 0 Å². The van der Waals surface area contributed by atoms with Crippen molar-refractivity contribution in [3.05, 3.63) is 53.5 Å².